The number of carbonyl (C=O) groups is 2. The van der Waals surface area contributed by atoms with E-state index in [0.717, 1.165) is 12.3 Å². The summed E-state index contributed by atoms with van der Waals surface area (Å²) >= 11 is 0. The highest BCUT2D eigenvalue weighted by molar-refractivity contribution is 6.05. The monoisotopic (exact) mass is 481 g/mol. The number of anilines is 1. The molecule has 1 amide bonds. The summed E-state index contributed by atoms with van der Waals surface area (Å²) in [6.45, 7) is 1.40. The number of halogens is 3. The molecule has 4 rings (SSSR count). The van der Waals surface area contributed by atoms with Crippen molar-refractivity contribution in [3.8, 4) is 6.07 Å². The topological polar surface area (TPSA) is 150 Å². The van der Waals surface area contributed by atoms with Gasteiger partial charge in [-0.15, -0.1) is 0 Å². The number of aromatic nitrogens is 4. The molecule has 0 unspecified atom stereocenters. The number of hydrogen-bond acceptors (Lipinski definition) is 7. The van der Waals surface area contributed by atoms with Crippen LogP contribution in [0.15, 0.2) is 55.1 Å². The summed E-state index contributed by atoms with van der Waals surface area (Å²) in [5.74, 6) is -0.538. The van der Waals surface area contributed by atoms with Crippen molar-refractivity contribution in [1.82, 2.24) is 25.3 Å². The Morgan fingerprint density at radius 3 is 2.49 bits per heavy atom. The van der Waals surface area contributed by atoms with Crippen LogP contribution in [0.4, 0.5) is 18.9 Å². The summed E-state index contributed by atoms with van der Waals surface area (Å²) in [4.78, 5) is 36.9. The maximum absolute atomic E-state index is 12.6. The smallest absolute Gasteiger partial charge is 0.396 e. The molecule has 0 spiro atoms. The number of alkyl halides is 3. The van der Waals surface area contributed by atoms with Crippen LogP contribution in [0.5, 0.6) is 0 Å². The highest BCUT2D eigenvalue weighted by atomic mass is 19.4. The SMILES string of the molecule is CC(=O)c1ccc(C#N)cc1.Nc1c[nH]c2c(C(=O)NCc3ccnc(C(F)(F)F)c3)ncnc12. The predicted octanol–water partition coefficient (Wildman–Crippen LogP) is 3.64. The van der Waals surface area contributed by atoms with Crippen LogP contribution >= 0.6 is 0 Å². The highest BCUT2D eigenvalue weighted by Gasteiger charge is 2.32. The van der Waals surface area contributed by atoms with Crippen molar-refractivity contribution in [2.24, 2.45) is 0 Å². The molecule has 0 atom stereocenters. The fraction of sp³-hybridized carbons (Fsp3) is 0.130. The minimum absolute atomic E-state index is 0.0227. The summed E-state index contributed by atoms with van der Waals surface area (Å²) < 4.78 is 37.9. The first-order valence-electron chi connectivity index (χ1n) is 9.99. The zero-order valence-electron chi connectivity index (χ0n) is 18.2. The molecule has 0 aliphatic heterocycles. The fourth-order valence-electron chi connectivity index (χ4n) is 2.92. The van der Waals surface area contributed by atoms with Crippen molar-refractivity contribution in [3.63, 3.8) is 0 Å². The Kier molecular flexibility index (Phi) is 7.40. The van der Waals surface area contributed by atoms with Gasteiger partial charge < -0.3 is 16.0 Å². The van der Waals surface area contributed by atoms with Gasteiger partial charge in [-0.3, -0.25) is 14.6 Å². The summed E-state index contributed by atoms with van der Waals surface area (Å²) in [5.41, 5.74) is 7.35. The van der Waals surface area contributed by atoms with Gasteiger partial charge in [-0.05, 0) is 36.8 Å². The Morgan fingerprint density at radius 2 is 1.86 bits per heavy atom. The van der Waals surface area contributed by atoms with Crippen LogP contribution < -0.4 is 11.1 Å². The normalized spacial score (nSPS) is 10.7. The van der Waals surface area contributed by atoms with Crippen LogP contribution in [-0.4, -0.2) is 31.6 Å². The van der Waals surface area contributed by atoms with Gasteiger partial charge in [0.05, 0.1) is 22.8 Å². The summed E-state index contributed by atoms with van der Waals surface area (Å²) in [5, 5.41) is 10.9. The molecular weight excluding hydrogens is 463 g/mol. The van der Waals surface area contributed by atoms with Crippen LogP contribution in [-0.2, 0) is 12.7 Å². The fourth-order valence-corrected chi connectivity index (χ4v) is 2.92. The van der Waals surface area contributed by atoms with E-state index in [1.807, 2.05) is 6.07 Å². The van der Waals surface area contributed by atoms with Gasteiger partial charge in [0.25, 0.3) is 5.91 Å². The second kappa shape index (κ2) is 10.4. The zero-order chi connectivity index (χ0) is 25.6. The lowest BCUT2D eigenvalue weighted by Crippen LogP contribution is -2.24. The van der Waals surface area contributed by atoms with E-state index in [9.17, 15) is 22.8 Å². The van der Waals surface area contributed by atoms with Gasteiger partial charge in [0, 0.05) is 24.5 Å². The van der Waals surface area contributed by atoms with Gasteiger partial charge in [-0.2, -0.15) is 18.4 Å². The number of nitrogen functional groups attached to an aromatic ring is 1. The van der Waals surface area contributed by atoms with E-state index in [-0.39, 0.29) is 23.6 Å². The molecule has 0 aliphatic carbocycles. The Bertz CT molecular complexity index is 1410. The van der Waals surface area contributed by atoms with Gasteiger partial charge in [-0.25, -0.2) is 9.97 Å². The number of fused-ring (bicyclic) bond motifs is 1. The predicted molar refractivity (Wildman–Crippen MR) is 120 cm³/mol. The van der Waals surface area contributed by atoms with Crippen molar-refractivity contribution in [3.05, 3.63) is 83.2 Å². The molecule has 0 fully saturated rings. The second-order valence-corrected chi connectivity index (χ2v) is 7.17. The minimum Gasteiger partial charge on any atom is -0.396 e. The molecule has 0 aliphatic rings. The molecule has 4 N–H and O–H groups in total. The number of nitrogens with zero attached hydrogens (tertiary/aromatic N) is 4. The van der Waals surface area contributed by atoms with Crippen molar-refractivity contribution in [1.29, 1.82) is 5.26 Å². The molecule has 0 bridgehead atoms. The van der Waals surface area contributed by atoms with Crippen LogP contribution in [0, 0.1) is 11.3 Å². The first-order chi connectivity index (χ1) is 16.6. The number of hydrogen-bond donors (Lipinski definition) is 3. The van der Waals surface area contributed by atoms with Gasteiger partial charge in [0.1, 0.15) is 17.5 Å². The number of carbonyl (C=O) groups excluding carboxylic acids is 2. The number of benzene rings is 1. The number of ketones is 1. The maximum Gasteiger partial charge on any atom is 0.433 e. The van der Waals surface area contributed by atoms with E-state index in [1.54, 1.807) is 24.3 Å². The molecule has 0 saturated carbocycles. The lowest BCUT2D eigenvalue weighted by Gasteiger charge is -2.09. The molecule has 3 aromatic heterocycles. The van der Waals surface area contributed by atoms with E-state index in [0.29, 0.717) is 27.8 Å². The summed E-state index contributed by atoms with van der Waals surface area (Å²) in [6.07, 6.45) is -0.830. The average molecular weight is 481 g/mol. The Hall–Kier alpha value is -4.79. The molecule has 1 aromatic carbocycles. The van der Waals surface area contributed by atoms with Crippen molar-refractivity contribution < 1.29 is 22.8 Å². The molecule has 0 saturated heterocycles. The standard InChI is InChI=1S/C14H11F3N6O.C9H7NO/c15-14(16,17)9-3-7(1-2-19-9)4-21-13(24)12-11-10(22-6-23-12)8(18)5-20-11;1-7(11)9-4-2-8(6-10)3-5-9/h1-3,5-6,20H,4,18H2,(H,21,24);2-5H,1H3. The lowest BCUT2D eigenvalue weighted by atomic mass is 10.1. The Morgan fingerprint density at radius 1 is 1.14 bits per heavy atom. The van der Waals surface area contributed by atoms with E-state index in [2.05, 4.69) is 25.3 Å². The number of nitriles is 1. The first kappa shape index (κ1) is 24.8. The third-order valence-corrected chi connectivity index (χ3v) is 4.70. The summed E-state index contributed by atoms with van der Waals surface area (Å²) in [6, 6.07) is 10.8. The van der Waals surface area contributed by atoms with E-state index in [1.165, 1.54) is 25.5 Å². The molecule has 0 radical (unpaired) electrons. The number of amides is 1. The largest absolute Gasteiger partial charge is 0.433 e. The van der Waals surface area contributed by atoms with Gasteiger partial charge in [-0.1, -0.05) is 12.1 Å². The average Bonchev–Trinajstić information content (AvgIpc) is 3.23. The first-order valence-corrected chi connectivity index (χ1v) is 9.99. The molecule has 35 heavy (non-hydrogen) atoms. The third kappa shape index (κ3) is 6.17. The molecule has 178 valence electrons. The number of nitrogens with two attached hydrogens (primary N) is 1. The second-order valence-electron chi connectivity index (χ2n) is 7.17. The Labute approximate surface area is 196 Å². The number of Topliss-reactive ketones (excluding diaryl/α,β-unsaturated/α-hetero) is 1. The minimum atomic E-state index is -4.54. The molecule has 9 nitrogen and oxygen atoms in total. The Balaban J connectivity index is 0.000000261. The quantitative estimate of drug-likeness (QED) is 0.377. The van der Waals surface area contributed by atoms with Gasteiger partial charge in [0.15, 0.2) is 11.5 Å². The highest BCUT2D eigenvalue weighted by Crippen LogP contribution is 2.27. The van der Waals surface area contributed by atoms with Crippen molar-refractivity contribution in [2.75, 3.05) is 5.73 Å². The molecular formula is C23H18F3N7O2. The van der Waals surface area contributed by atoms with Gasteiger partial charge in [0.2, 0.25) is 0 Å². The van der Waals surface area contributed by atoms with E-state index >= 15 is 0 Å². The number of aromatic amines is 1. The van der Waals surface area contributed by atoms with E-state index < -0.39 is 17.8 Å². The number of H-pyrrole nitrogens is 1. The van der Waals surface area contributed by atoms with Crippen molar-refractivity contribution in [2.45, 2.75) is 19.6 Å². The number of pyridine rings is 1. The number of nitrogens with one attached hydrogen (secondary N) is 2. The van der Waals surface area contributed by atoms with Crippen LogP contribution in [0.25, 0.3) is 11.0 Å². The van der Waals surface area contributed by atoms with Crippen LogP contribution in [0.1, 0.15) is 44.6 Å². The van der Waals surface area contributed by atoms with Crippen LogP contribution in [0.3, 0.4) is 0 Å². The molecule has 12 heteroatoms. The maximum atomic E-state index is 12.6. The number of rotatable bonds is 4. The van der Waals surface area contributed by atoms with Crippen LogP contribution in [0.2, 0.25) is 0 Å². The summed E-state index contributed by atoms with van der Waals surface area (Å²) in [7, 11) is 0. The zero-order valence-corrected chi connectivity index (χ0v) is 18.2. The molecule has 4 aromatic rings. The molecule has 3 heterocycles. The third-order valence-electron chi connectivity index (χ3n) is 4.70. The lowest BCUT2D eigenvalue weighted by molar-refractivity contribution is -0.141. The van der Waals surface area contributed by atoms with Crippen molar-refractivity contribution >= 4 is 28.4 Å². The van der Waals surface area contributed by atoms with Gasteiger partial charge >= 0.3 is 6.18 Å². The van der Waals surface area contributed by atoms with E-state index in [4.69, 9.17) is 11.0 Å².